The maximum absolute atomic E-state index is 10.1. The molecule has 0 amide bonds. The van der Waals surface area contributed by atoms with Crippen molar-refractivity contribution in [2.75, 3.05) is 11.5 Å². The molecular formula is C12H22O4S2Zn. The van der Waals surface area contributed by atoms with Gasteiger partial charge in [0.15, 0.2) is 0 Å². The van der Waals surface area contributed by atoms with Crippen LogP contribution in [0.4, 0.5) is 0 Å². The first kappa shape index (κ1) is 24.3. The molecule has 4 nitrogen and oxygen atoms in total. The largest absolute Gasteiger partial charge is 2.00 e. The van der Waals surface area contributed by atoms with E-state index in [1.807, 2.05) is 13.8 Å². The first-order valence-corrected chi connectivity index (χ1v) is 8.11. The summed E-state index contributed by atoms with van der Waals surface area (Å²) in [5, 5.41) is 19.4. The molecular weight excluding hydrogens is 338 g/mol. The summed E-state index contributed by atoms with van der Waals surface area (Å²) in [5.74, 6) is -0.133. The Morgan fingerprint density at radius 2 is 1.16 bits per heavy atom. The quantitative estimate of drug-likeness (QED) is 0.588. The minimum atomic E-state index is -0.964. The molecule has 0 spiro atoms. The van der Waals surface area contributed by atoms with Crippen molar-refractivity contribution in [2.24, 2.45) is 0 Å². The summed E-state index contributed by atoms with van der Waals surface area (Å²) in [5.41, 5.74) is 0. The number of hydrogen-bond donors (Lipinski definition) is 0. The van der Waals surface area contributed by atoms with Crippen molar-refractivity contribution in [1.82, 2.24) is 0 Å². The Morgan fingerprint density at radius 1 is 0.895 bits per heavy atom. The number of aliphatic carboxylic acids is 2. The molecule has 0 saturated heterocycles. The third kappa shape index (κ3) is 18.3. The van der Waals surface area contributed by atoms with Crippen molar-refractivity contribution < 1.29 is 39.3 Å². The van der Waals surface area contributed by atoms with E-state index in [1.54, 1.807) is 13.8 Å². The number of carbonyl (C=O) groups excluding carboxylic acids is 2. The molecule has 0 aromatic carbocycles. The van der Waals surface area contributed by atoms with Gasteiger partial charge in [0.1, 0.15) is 0 Å². The average Bonchev–Trinajstić information content (AvgIpc) is 2.33. The van der Waals surface area contributed by atoms with Crippen LogP contribution in [0, 0.1) is 0 Å². The molecule has 0 aliphatic carbocycles. The van der Waals surface area contributed by atoms with Gasteiger partial charge in [0, 0.05) is 10.5 Å². The molecule has 0 aromatic rings. The summed E-state index contributed by atoms with van der Waals surface area (Å²) in [4.78, 5) is 20.1. The van der Waals surface area contributed by atoms with E-state index in [0.717, 1.165) is 24.3 Å². The Morgan fingerprint density at radius 3 is 1.32 bits per heavy atom. The van der Waals surface area contributed by atoms with Gasteiger partial charge in [0.25, 0.3) is 0 Å². The minimum absolute atomic E-state index is 0. The van der Waals surface area contributed by atoms with E-state index in [-0.39, 0.29) is 30.0 Å². The molecule has 0 saturated carbocycles. The van der Waals surface area contributed by atoms with Crippen molar-refractivity contribution in [1.29, 1.82) is 0 Å². The zero-order valence-electron chi connectivity index (χ0n) is 12.1. The Labute approximate surface area is 137 Å². The first-order valence-electron chi connectivity index (χ1n) is 6.01. The molecule has 7 heteroatoms. The fourth-order valence-electron chi connectivity index (χ4n) is 0.725. The SMILES string of the molecule is CCCSC(C)C(=O)[O-].CCCSC(C)C(=O)[O-].[Zn+2]. The third-order valence-corrected chi connectivity index (χ3v) is 4.48. The second kappa shape index (κ2) is 16.3. The van der Waals surface area contributed by atoms with Crippen molar-refractivity contribution >= 4 is 35.5 Å². The molecule has 0 N–H and O–H groups in total. The van der Waals surface area contributed by atoms with Gasteiger partial charge in [-0.2, -0.15) is 23.5 Å². The summed E-state index contributed by atoms with van der Waals surface area (Å²) < 4.78 is 0. The molecule has 2 atom stereocenters. The van der Waals surface area contributed by atoms with Gasteiger partial charge in [-0.15, -0.1) is 0 Å². The van der Waals surface area contributed by atoms with Gasteiger partial charge < -0.3 is 19.8 Å². The van der Waals surface area contributed by atoms with E-state index in [1.165, 1.54) is 23.5 Å². The number of carbonyl (C=O) groups is 2. The first-order chi connectivity index (χ1) is 8.36. The molecule has 0 aliphatic rings. The van der Waals surface area contributed by atoms with Crippen LogP contribution in [0.1, 0.15) is 40.5 Å². The maximum Gasteiger partial charge on any atom is 2.00 e. The van der Waals surface area contributed by atoms with E-state index >= 15 is 0 Å². The van der Waals surface area contributed by atoms with Crippen LogP contribution >= 0.6 is 23.5 Å². The minimum Gasteiger partial charge on any atom is -0.549 e. The topological polar surface area (TPSA) is 80.3 Å². The Bertz CT molecular complexity index is 216. The zero-order chi connectivity index (χ0) is 14.6. The van der Waals surface area contributed by atoms with Crippen LogP contribution in [-0.2, 0) is 29.1 Å². The van der Waals surface area contributed by atoms with E-state index in [0.29, 0.717) is 0 Å². The van der Waals surface area contributed by atoms with Crippen LogP contribution in [0.2, 0.25) is 0 Å². The number of thioether (sulfide) groups is 2. The molecule has 19 heavy (non-hydrogen) atoms. The monoisotopic (exact) mass is 358 g/mol. The smallest absolute Gasteiger partial charge is 0.549 e. The van der Waals surface area contributed by atoms with Crippen LogP contribution in [0.25, 0.3) is 0 Å². The van der Waals surface area contributed by atoms with Crippen LogP contribution in [0.15, 0.2) is 0 Å². The molecule has 0 fully saturated rings. The van der Waals surface area contributed by atoms with Gasteiger partial charge in [-0.25, -0.2) is 0 Å². The molecule has 0 aliphatic heterocycles. The van der Waals surface area contributed by atoms with Gasteiger partial charge in [0.05, 0.1) is 11.9 Å². The van der Waals surface area contributed by atoms with Gasteiger partial charge in [0.2, 0.25) is 0 Å². The second-order valence-corrected chi connectivity index (χ2v) is 6.56. The molecule has 0 bridgehead atoms. The standard InChI is InChI=1S/2C6H12O2S.Zn/c2*1-3-4-9-5(2)6(7)8;/h2*5H,3-4H2,1-2H3,(H,7,8);/q;;+2/p-2. The third-order valence-electron chi connectivity index (χ3n) is 1.81. The van der Waals surface area contributed by atoms with Crippen LogP contribution in [0.5, 0.6) is 0 Å². The van der Waals surface area contributed by atoms with Gasteiger partial charge in [-0.05, 0) is 38.2 Å². The average molecular weight is 360 g/mol. The fourth-order valence-corrected chi connectivity index (χ4v) is 2.18. The Balaban J connectivity index is -0.000000256. The van der Waals surface area contributed by atoms with Crippen molar-refractivity contribution in [3.8, 4) is 0 Å². The maximum atomic E-state index is 10.1. The molecule has 108 valence electrons. The molecule has 0 rings (SSSR count). The predicted molar refractivity (Wildman–Crippen MR) is 74.4 cm³/mol. The van der Waals surface area contributed by atoms with Crippen LogP contribution in [0.3, 0.4) is 0 Å². The summed E-state index contributed by atoms with van der Waals surface area (Å²) in [6.07, 6.45) is 2.03. The zero-order valence-corrected chi connectivity index (χ0v) is 16.7. The summed E-state index contributed by atoms with van der Waals surface area (Å²) >= 11 is 2.84. The van der Waals surface area contributed by atoms with E-state index < -0.39 is 11.9 Å². The fraction of sp³-hybridized carbons (Fsp3) is 0.833. The van der Waals surface area contributed by atoms with Crippen molar-refractivity contribution in [3.05, 3.63) is 0 Å². The summed E-state index contributed by atoms with van der Waals surface area (Å²) in [7, 11) is 0. The van der Waals surface area contributed by atoms with Crippen LogP contribution in [-0.4, -0.2) is 33.9 Å². The molecule has 0 aromatic heterocycles. The summed E-state index contributed by atoms with van der Waals surface area (Å²) in [6.45, 7) is 7.34. The number of hydrogen-bond acceptors (Lipinski definition) is 6. The molecule has 0 radical (unpaired) electrons. The Kier molecular flexibility index (Phi) is 20.9. The van der Waals surface area contributed by atoms with Gasteiger partial charge >= 0.3 is 19.5 Å². The van der Waals surface area contributed by atoms with Crippen molar-refractivity contribution in [3.63, 3.8) is 0 Å². The second-order valence-electron chi connectivity index (χ2n) is 3.66. The van der Waals surface area contributed by atoms with Gasteiger partial charge in [-0.3, -0.25) is 0 Å². The molecule has 0 heterocycles. The normalized spacial score (nSPS) is 12.4. The number of carboxylic acid groups (broad SMARTS) is 2. The van der Waals surface area contributed by atoms with E-state index in [2.05, 4.69) is 0 Å². The van der Waals surface area contributed by atoms with E-state index in [4.69, 9.17) is 0 Å². The van der Waals surface area contributed by atoms with E-state index in [9.17, 15) is 19.8 Å². The van der Waals surface area contributed by atoms with Crippen LogP contribution < -0.4 is 10.2 Å². The predicted octanol–water partition coefficient (Wildman–Crippen LogP) is 0.533. The van der Waals surface area contributed by atoms with Gasteiger partial charge in [-0.1, -0.05) is 13.8 Å². The Hall–Kier alpha value is 0.263. The molecule has 2 unspecified atom stereocenters. The summed E-state index contributed by atoms with van der Waals surface area (Å²) in [6, 6.07) is 0. The number of rotatable bonds is 8. The van der Waals surface area contributed by atoms with Crippen molar-refractivity contribution in [2.45, 2.75) is 51.0 Å². The number of carboxylic acids is 2.